The number of rotatable bonds is 4. The highest BCUT2D eigenvalue weighted by atomic mass is 35.5. The summed E-state index contributed by atoms with van der Waals surface area (Å²) in [5, 5.41) is 4.13. The van der Waals surface area contributed by atoms with Crippen LogP contribution in [0.1, 0.15) is 50.8 Å². The van der Waals surface area contributed by atoms with Gasteiger partial charge in [-0.1, -0.05) is 44.9 Å². The molecule has 0 spiro atoms. The second-order valence-electron chi connectivity index (χ2n) is 5.51. The zero-order chi connectivity index (χ0) is 13.8. The molecular formula is C16H23ClN2. The smallest absolute Gasteiger partial charge is 0.130 e. The third-order valence-corrected chi connectivity index (χ3v) is 4.22. The Bertz CT molecular complexity index is 456. The van der Waals surface area contributed by atoms with Gasteiger partial charge in [0, 0.05) is 23.0 Å². The van der Waals surface area contributed by atoms with Gasteiger partial charge < -0.3 is 5.32 Å². The van der Waals surface area contributed by atoms with Crippen LogP contribution in [0.15, 0.2) is 18.7 Å². The van der Waals surface area contributed by atoms with Gasteiger partial charge in [-0.15, -0.1) is 0 Å². The number of nitrogens with zero attached hydrogens (tertiary/aromatic N) is 1. The molecule has 0 bridgehead atoms. The lowest BCUT2D eigenvalue weighted by Gasteiger charge is -2.31. The van der Waals surface area contributed by atoms with Crippen molar-refractivity contribution in [1.29, 1.82) is 0 Å². The summed E-state index contributed by atoms with van der Waals surface area (Å²) < 4.78 is 0. The van der Waals surface area contributed by atoms with Crippen molar-refractivity contribution in [2.75, 3.05) is 0 Å². The standard InChI is InChI=1S/C16H23ClN2/c1-4-14-9-13(10-16(17)19-14)12(3)18-15-8-6-5-7-11(15)2/h9-11,15,18H,3-8H2,1-2H3. The lowest BCUT2D eigenvalue weighted by molar-refractivity contribution is 0.305. The van der Waals surface area contributed by atoms with Crippen LogP contribution in [-0.4, -0.2) is 11.0 Å². The SMILES string of the molecule is C=C(NC1CCCCC1C)c1cc(Cl)nc(CC)c1. The number of pyridine rings is 1. The average Bonchev–Trinajstić information content (AvgIpc) is 2.40. The van der Waals surface area contributed by atoms with Crippen molar-refractivity contribution in [3.05, 3.63) is 35.1 Å². The van der Waals surface area contributed by atoms with E-state index in [0.29, 0.717) is 17.1 Å². The van der Waals surface area contributed by atoms with Gasteiger partial charge in [-0.05, 0) is 37.3 Å². The molecule has 0 saturated heterocycles. The highest BCUT2D eigenvalue weighted by molar-refractivity contribution is 6.29. The predicted molar refractivity (Wildman–Crippen MR) is 82.2 cm³/mol. The molecule has 2 unspecified atom stereocenters. The van der Waals surface area contributed by atoms with E-state index in [4.69, 9.17) is 11.6 Å². The maximum atomic E-state index is 6.06. The highest BCUT2D eigenvalue weighted by Crippen LogP contribution is 2.26. The quantitative estimate of drug-likeness (QED) is 0.824. The summed E-state index contributed by atoms with van der Waals surface area (Å²) in [6.07, 6.45) is 6.10. The molecule has 1 fully saturated rings. The van der Waals surface area contributed by atoms with E-state index in [1.54, 1.807) is 0 Å². The Morgan fingerprint density at radius 2 is 2.16 bits per heavy atom. The number of aryl methyl sites for hydroxylation is 1. The van der Waals surface area contributed by atoms with Gasteiger partial charge in [-0.25, -0.2) is 4.98 Å². The molecule has 0 radical (unpaired) electrons. The Morgan fingerprint density at radius 1 is 1.42 bits per heavy atom. The van der Waals surface area contributed by atoms with E-state index in [0.717, 1.165) is 23.4 Å². The summed E-state index contributed by atoms with van der Waals surface area (Å²) in [7, 11) is 0. The first-order valence-electron chi connectivity index (χ1n) is 7.22. The Balaban J connectivity index is 2.08. The maximum absolute atomic E-state index is 6.06. The number of hydrogen-bond donors (Lipinski definition) is 1. The maximum Gasteiger partial charge on any atom is 0.130 e. The second-order valence-corrected chi connectivity index (χ2v) is 5.90. The van der Waals surface area contributed by atoms with Crippen molar-refractivity contribution in [1.82, 2.24) is 10.3 Å². The summed E-state index contributed by atoms with van der Waals surface area (Å²) in [5.41, 5.74) is 3.05. The minimum atomic E-state index is 0.540. The van der Waals surface area contributed by atoms with Crippen LogP contribution in [0.3, 0.4) is 0 Å². The molecule has 1 aliphatic carbocycles. The Hall–Kier alpha value is -1.02. The zero-order valence-corrected chi connectivity index (χ0v) is 12.6. The summed E-state index contributed by atoms with van der Waals surface area (Å²) >= 11 is 6.06. The zero-order valence-electron chi connectivity index (χ0n) is 11.9. The fraction of sp³-hybridized carbons (Fsp3) is 0.562. The van der Waals surface area contributed by atoms with E-state index in [1.807, 2.05) is 6.07 Å². The van der Waals surface area contributed by atoms with Crippen LogP contribution in [0, 0.1) is 5.92 Å². The monoisotopic (exact) mass is 278 g/mol. The first-order chi connectivity index (χ1) is 9.10. The van der Waals surface area contributed by atoms with Gasteiger partial charge in [0.1, 0.15) is 5.15 Å². The van der Waals surface area contributed by atoms with Crippen LogP contribution < -0.4 is 5.32 Å². The molecule has 1 aromatic rings. The van der Waals surface area contributed by atoms with E-state index in [-0.39, 0.29) is 0 Å². The van der Waals surface area contributed by atoms with E-state index >= 15 is 0 Å². The molecule has 1 aromatic heterocycles. The Morgan fingerprint density at radius 3 is 2.84 bits per heavy atom. The van der Waals surface area contributed by atoms with Crippen LogP contribution in [-0.2, 0) is 6.42 Å². The number of aromatic nitrogens is 1. The molecular weight excluding hydrogens is 256 g/mol. The van der Waals surface area contributed by atoms with Crippen LogP contribution in [0.25, 0.3) is 5.70 Å². The summed E-state index contributed by atoms with van der Waals surface area (Å²) in [5.74, 6) is 0.716. The van der Waals surface area contributed by atoms with E-state index in [1.165, 1.54) is 25.7 Å². The van der Waals surface area contributed by atoms with Crippen molar-refractivity contribution < 1.29 is 0 Å². The van der Waals surface area contributed by atoms with Crippen molar-refractivity contribution in [3.8, 4) is 0 Å². The van der Waals surface area contributed by atoms with Gasteiger partial charge >= 0.3 is 0 Å². The second kappa shape index (κ2) is 6.42. The van der Waals surface area contributed by atoms with Gasteiger partial charge in [-0.3, -0.25) is 0 Å². The van der Waals surface area contributed by atoms with Gasteiger partial charge in [-0.2, -0.15) is 0 Å². The van der Waals surface area contributed by atoms with Crippen molar-refractivity contribution in [2.45, 2.75) is 52.0 Å². The average molecular weight is 279 g/mol. The minimum Gasteiger partial charge on any atom is -0.382 e. The normalized spacial score (nSPS) is 23.1. The van der Waals surface area contributed by atoms with Gasteiger partial charge in [0.2, 0.25) is 0 Å². The number of halogens is 1. The van der Waals surface area contributed by atoms with Crippen LogP contribution in [0.4, 0.5) is 0 Å². The van der Waals surface area contributed by atoms with Crippen LogP contribution >= 0.6 is 11.6 Å². The topological polar surface area (TPSA) is 24.9 Å². The molecule has 0 aliphatic heterocycles. The summed E-state index contributed by atoms with van der Waals surface area (Å²) in [4.78, 5) is 4.29. The number of nitrogens with one attached hydrogen (secondary N) is 1. The molecule has 104 valence electrons. The molecule has 19 heavy (non-hydrogen) atoms. The van der Waals surface area contributed by atoms with Crippen molar-refractivity contribution in [3.63, 3.8) is 0 Å². The van der Waals surface area contributed by atoms with Crippen LogP contribution in [0.2, 0.25) is 5.15 Å². The van der Waals surface area contributed by atoms with Crippen LogP contribution in [0.5, 0.6) is 0 Å². The lowest BCUT2D eigenvalue weighted by Crippen LogP contribution is -2.35. The molecule has 0 amide bonds. The van der Waals surface area contributed by atoms with Crippen molar-refractivity contribution in [2.24, 2.45) is 5.92 Å². The molecule has 2 rings (SSSR count). The fourth-order valence-electron chi connectivity index (χ4n) is 2.74. The molecule has 1 aliphatic rings. The first kappa shape index (κ1) is 14.4. The molecule has 2 nitrogen and oxygen atoms in total. The minimum absolute atomic E-state index is 0.540. The van der Waals surface area contributed by atoms with Gasteiger partial charge in [0.15, 0.2) is 0 Å². The first-order valence-corrected chi connectivity index (χ1v) is 7.60. The van der Waals surface area contributed by atoms with E-state index < -0.39 is 0 Å². The number of hydrogen-bond acceptors (Lipinski definition) is 2. The highest BCUT2D eigenvalue weighted by Gasteiger charge is 2.21. The Kier molecular flexibility index (Phi) is 4.87. The summed E-state index contributed by atoms with van der Waals surface area (Å²) in [6, 6.07) is 4.51. The van der Waals surface area contributed by atoms with Crippen molar-refractivity contribution >= 4 is 17.3 Å². The molecule has 3 heteroatoms. The third-order valence-electron chi connectivity index (χ3n) is 4.03. The molecule has 1 heterocycles. The van der Waals surface area contributed by atoms with Gasteiger partial charge in [0.25, 0.3) is 0 Å². The molecule has 1 saturated carbocycles. The molecule has 1 N–H and O–H groups in total. The predicted octanol–water partition coefficient (Wildman–Crippen LogP) is 4.44. The fourth-order valence-corrected chi connectivity index (χ4v) is 2.97. The lowest BCUT2D eigenvalue weighted by atomic mass is 9.85. The largest absolute Gasteiger partial charge is 0.382 e. The summed E-state index contributed by atoms with van der Waals surface area (Å²) in [6.45, 7) is 8.58. The molecule has 0 aromatic carbocycles. The van der Waals surface area contributed by atoms with E-state index in [2.05, 4.69) is 36.8 Å². The van der Waals surface area contributed by atoms with E-state index in [9.17, 15) is 0 Å². The molecule has 2 atom stereocenters. The third kappa shape index (κ3) is 3.73. The van der Waals surface area contributed by atoms with Gasteiger partial charge in [0.05, 0.1) is 0 Å². The Labute approximate surface area is 121 Å².